The molecule has 1 nitrogen and oxygen atoms in total. The van der Waals surface area contributed by atoms with Gasteiger partial charge in [-0.1, -0.05) is 42.5 Å². The zero-order chi connectivity index (χ0) is 13.9. The lowest BCUT2D eigenvalue weighted by molar-refractivity contribution is 0.103. The fraction of sp³-hybridized carbons (Fsp3) is 0. The van der Waals surface area contributed by atoms with Crippen LogP contribution in [-0.4, -0.2) is 5.78 Å². The molecule has 2 aromatic carbocycles. The minimum atomic E-state index is -0.480. The van der Waals surface area contributed by atoms with E-state index in [1.165, 1.54) is 22.6 Å². The molecular formula is C17H11FOS. The summed E-state index contributed by atoms with van der Waals surface area (Å²) < 4.78 is 13.3. The Kier molecular flexibility index (Phi) is 3.44. The summed E-state index contributed by atoms with van der Waals surface area (Å²) in [5.74, 6) is -0.764. The number of ketones is 1. The maximum atomic E-state index is 13.3. The smallest absolute Gasteiger partial charge is 0.195 e. The van der Waals surface area contributed by atoms with E-state index in [-0.39, 0.29) is 11.3 Å². The summed E-state index contributed by atoms with van der Waals surface area (Å²) in [6, 6.07) is 16.9. The van der Waals surface area contributed by atoms with Gasteiger partial charge < -0.3 is 0 Å². The van der Waals surface area contributed by atoms with E-state index < -0.39 is 5.82 Å². The molecule has 0 unspecified atom stereocenters. The number of carbonyl (C=O) groups is 1. The molecule has 1 aliphatic carbocycles. The number of halogens is 1. The Balaban J connectivity index is 0.000000198. The Morgan fingerprint density at radius 1 is 0.950 bits per heavy atom. The van der Waals surface area contributed by atoms with Crippen molar-refractivity contribution in [3.8, 4) is 10.4 Å². The van der Waals surface area contributed by atoms with Gasteiger partial charge >= 0.3 is 0 Å². The van der Waals surface area contributed by atoms with E-state index in [4.69, 9.17) is 0 Å². The average molecular weight is 282 g/mol. The lowest BCUT2D eigenvalue weighted by Gasteiger charge is -2.01. The fourth-order valence-electron chi connectivity index (χ4n) is 1.76. The van der Waals surface area contributed by atoms with Crippen molar-refractivity contribution in [2.45, 2.75) is 0 Å². The van der Waals surface area contributed by atoms with Crippen molar-refractivity contribution >= 4 is 17.1 Å². The van der Waals surface area contributed by atoms with Gasteiger partial charge in [0.25, 0.3) is 0 Å². The number of hydrogen-bond acceptors (Lipinski definition) is 2. The summed E-state index contributed by atoms with van der Waals surface area (Å²) >= 11 is 1.83. The predicted molar refractivity (Wildman–Crippen MR) is 79.6 cm³/mol. The van der Waals surface area contributed by atoms with Crippen LogP contribution in [0.3, 0.4) is 0 Å². The minimum absolute atomic E-state index is 0.115. The van der Waals surface area contributed by atoms with Crippen LogP contribution in [-0.2, 0) is 0 Å². The fourth-order valence-corrected chi connectivity index (χ4v) is 2.41. The normalized spacial score (nSPS) is 10.4. The van der Waals surface area contributed by atoms with Crippen molar-refractivity contribution in [2.24, 2.45) is 0 Å². The van der Waals surface area contributed by atoms with Gasteiger partial charge in [-0.15, -0.1) is 11.3 Å². The molecule has 0 amide bonds. The van der Waals surface area contributed by atoms with Crippen LogP contribution in [0.5, 0.6) is 0 Å². The van der Waals surface area contributed by atoms with Crippen molar-refractivity contribution < 1.29 is 9.18 Å². The molecule has 4 rings (SSSR count). The van der Waals surface area contributed by atoms with Crippen LogP contribution in [0.25, 0.3) is 10.4 Å². The van der Waals surface area contributed by atoms with E-state index in [9.17, 15) is 9.18 Å². The highest BCUT2D eigenvalue weighted by atomic mass is 32.1. The zero-order valence-corrected chi connectivity index (χ0v) is 11.4. The predicted octanol–water partition coefficient (Wildman–Crippen LogP) is 4.79. The number of hydrogen-bond donors (Lipinski definition) is 0. The van der Waals surface area contributed by atoms with Crippen LogP contribution in [0, 0.1) is 5.82 Å². The van der Waals surface area contributed by atoms with Gasteiger partial charge in [0.2, 0.25) is 0 Å². The second kappa shape index (κ2) is 5.39. The molecule has 0 atom stereocenters. The van der Waals surface area contributed by atoms with E-state index in [0.29, 0.717) is 5.56 Å². The zero-order valence-electron chi connectivity index (χ0n) is 10.5. The van der Waals surface area contributed by atoms with Crippen molar-refractivity contribution in [1.29, 1.82) is 0 Å². The van der Waals surface area contributed by atoms with Gasteiger partial charge in [0, 0.05) is 21.4 Å². The first-order valence-corrected chi connectivity index (χ1v) is 7.07. The second-order valence-corrected chi connectivity index (χ2v) is 5.29. The molecule has 0 saturated carbocycles. The molecule has 1 heterocycles. The SMILES string of the molecule is O=C(c1ccccc1)c1ccccc1F.c1sc2cc1-2. The second-order valence-electron chi connectivity index (χ2n) is 4.37. The van der Waals surface area contributed by atoms with E-state index in [1.807, 2.05) is 17.4 Å². The van der Waals surface area contributed by atoms with Crippen LogP contribution >= 0.6 is 11.3 Å². The monoisotopic (exact) mass is 282 g/mol. The summed E-state index contributed by atoms with van der Waals surface area (Å²) in [5.41, 5.74) is 2.10. The number of thiophene rings is 1. The first kappa shape index (κ1) is 12.8. The molecule has 0 N–H and O–H groups in total. The van der Waals surface area contributed by atoms with Crippen molar-refractivity contribution in [2.75, 3.05) is 0 Å². The Hall–Kier alpha value is -2.26. The van der Waals surface area contributed by atoms with Crippen LogP contribution in [0.4, 0.5) is 4.39 Å². The number of carbonyl (C=O) groups excluding carboxylic acids is 1. The molecule has 20 heavy (non-hydrogen) atoms. The van der Waals surface area contributed by atoms with Crippen molar-refractivity contribution in [3.63, 3.8) is 0 Å². The van der Waals surface area contributed by atoms with E-state index >= 15 is 0 Å². The molecule has 0 fully saturated rings. The van der Waals surface area contributed by atoms with Gasteiger partial charge in [-0.3, -0.25) is 4.79 Å². The quantitative estimate of drug-likeness (QED) is 0.483. The summed E-state index contributed by atoms with van der Waals surface area (Å²) in [5, 5.41) is 2.16. The molecule has 0 spiro atoms. The molecule has 0 aromatic heterocycles. The summed E-state index contributed by atoms with van der Waals surface area (Å²) in [7, 11) is 0. The molecule has 2 aliphatic rings. The highest BCUT2D eigenvalue weighted by Gasteiger charge is 2.13. The molecule has 0 saturated heterocycles. The largest absolute Gasteiger partial charge is 0.288 e. The van der Waals surface area contributed by atoms with Gasteiger partial charge in [0.05, 0.1) is 5.56 Å². The van der Waals surface area contributed by atoms with Crippen LogP contribution < -0.4 is 0 Å². The highest BCUT2D eigenvalue weighted by molar-refractivity contribution is 7.18. The van der Waals surface area contributed by atoms with Crippen molar-refractivity contribution in [3.05, 3.63) is 83.0 Å². The number of rotatable bonds is 2. The van der Waals surface area contributed by atoms with Gasteiger partial charge in [-0.2, -0.15) is 0 Å². The molecule has 2 aromatic rings. The molecule has 0 bridgehead atoms. The third-order valence-corrected chi connectivity index (χ3v) is 3.93. The first-order chi connectivity index (χ1) is 9.75. The maximum absolute atomic E-state index is 13.3. The number of benzene rings is 2. The van der Waals surface area contributed by atoms with E-state index in [1.54, 1.807) is 36.4 Å². The first-order valence-electron chi connectivity index (χ1n) is 6.19. The minimum Gasteiger partial charge on any atom is -0.288 e. The average Bonchev–Trinajstić information content (AvgIpc) is 3.06. The topological polar surface area (TPSA) is 17.1 Å². The molecular weight excluding hydrogens is 271 g/mol. The Bertz CT molecular complexity index is 722. The molecule has 1 aliphatic heterocycles. The molecule has 0 radical (unpaired) electrons. The third kappa shape index (κ3) is 2.68. The van der Waals surface area contributed by atoms with Crippen molar-refractivity contribution in [1.82, 2.24) is 0 Å². The molecule has 98 valence electrons. The lowest BCUT2D eigenvalue weighted by atomic mass is 10.0. The Labute approximate surface area is 120 Å². The summed E-state index contributed by atoms with van der Waals surface area (Å²) in [6.45, 7) is 0. The van der Waals surface area contributed by atoms with Crippen LogP contribution in [0.2, 0.25) is 0 Å². The lowest BCUT2D eigenvalue weighted by Crippen LogP contribution is -2.03. The van der Waals surface area contributed by atoms with Gasteiger partial charge in [-0.25, -0.2) is 4.39 Å². The third-order valence-electron chi connectivity index (χ3n) is 2.96. The number of fused-ring (bicyclic) bond motifs is 1. The Morgan fingerprint density at radius 3 is 2.10 bits per heavy atom. The van der Waals surface area contributed by atoms with Gasteiger partial charge in [0.1, 0.15) is 5.82 Å². The van der Waals surface area contributed by atoms with Crippen LogP contribution in [0.15, 0.2) is 66.0 Å². The van der Waals surface area contributed by atoms with Gasteiger partial charge in [0.15, 0.2) is 5.78 Å². The highest BCUT2D eigenvalue weighted by Crippen LogP contribution is 2.42. The maximum Gasteiger partial charge on any atom is 0.195 e. The van der Waals surface area contributed by atoms with E-state index in [0.717, 1.165) is 0 Å². The summed E-state index contributed by atoms with van der Waals surface area (Å²) in [6.07, 6.45) is 0. The van der Waals surface area contributed by atoms with Gasteiger partial charge in [-0.05, 0) is 18.2 Å². The standard InChI is InChI=1S/C13H9FO.C4H2S/c14-12-9-5-4-8-11(12)13(15)10-6-2-1-3-7-10;1-3-2-5-4(1)3/h1-9H;1-2H. The van der Waals surface area contributed by atoms with Crippen LogP contribution in [0.1, 0.15) is 15.9 Å². The Morgan fingerprint density at radius 2 is 1.60 bits per heavy atom. The molecule has 3 heteroatoms. The van der Waals surface area contributed by atoms with E-state index in [2.05, 4.69) is 11.4 Å². The summed E-state index contributed by atoms with van der Waals surface area (Å²) in [4.78, 5) is 13.3.